The van der Waals surface area contributed by atoms with Crippen LogP contribution in [0, 0.1) is 0 Å². The topological polar surface area (TPSA) is 113 Å². The number of nitrogens with two attached hydrogens (primary N) is 1. The molecule has 1 aromatic carbocycles. The van der Waals surface area contributed by atoms with Gasteiger partial charge in [-0.05, 0) is 43.2 Å². The number of halogens is 3. The van der Waals surface area contributed by atoms with Gasteiger partial charge in [-0.25, -0.2) is 4.99 Å². The molecule has 0 saturated heterocycles. The Labute approximate surface area is 179 Å². The molecule has 10 heteroatoms. The number of alkyl halides is 3. The number of carbonyl (C=O) groups excluding carboxylic acids is 1. The van der Waals surface area contributed by atoms with Crippen molar-refractivity contribution in [2.45, 2.75) is 24.9 Å². The summed E-state index contributed by atoms with van der Waals surface area (Å²) in [6, 6.07) is 8.75. The van der Waals surface area contributed by atoms with E-state index in [0.717, 1.165) is 18.5 Å². The Morgan fingerprint density at radius 1 is 1.22 bits per heavy atom. The summed E-state index contributed by atoms with van der Waals surface area (Å²) >= 11 is 0. The van der Waals surface area contributed by atoms with Gasteiger partial charge in [-0.3, -0.25) is 14.6 Å². The molecule has 4 N–H and O–H groups in total. The summed E-state index contributed by atoms with van der Waals surface area (Å²) in [6.07, 6.45) is 0.353. The zero-order valence-corrected chi connectivity index (χ0v) is 16.6. The summed E-state index contributed by atoms with van der Waals surface area (Å²) < 4.78 is 41.7. The van der Waals surface area contributed by atoms with Crippen LogP contribution in [-0.2, 0) is 4.79 Å². The largest absolute Gasteiger partial charge is 0.434 e. The SMILES string of the molecule is NC=C(C(=O)Nc1ccnc(C2CC2)c1)C(=Nc1cccc2c(=O)[nH]ccc12)C(F)(F)F. The third-order valence-corrected chi connectivity index (χ3v) is 4.99. The minimum atomic E-state index is -4.98. The lowest BCUT2D eigenvalue weighted by atomic mass is 10.1. The van der Waals surface area contributed by atoms with Crippen LogP contribution in [-0.4, -0.2) is 27.8 Å². The van der Waals surface area contributed by atoms with Crippen LogP contribution in [0.15, 0.2) is 70.4 Å². The fourth-order valence-electron chi connectivity index (χ4n) is 3.29. The van der Waals surface area contributed by atoms with E-state index in [1.165, 1.54) is 42.7 Å². The van der Waals surface area contributed by atoms with Crippen LogP contribution >= 0.6 is 0 Å². The number of amides is 1. The van der Waals surface area contributed by atoms with Crippen LogP contribution in [0.25, 0.3) is 10.8 Å². The van der Waals surface area contributed by atoms with Crippen molar-refractivity contribution in [1.29, 1.82) is 0 Å². The first-order valence-electron chi connectivity index (χ1n) is 9.74. The molecule has 1 fully saturated rings. The van der Waals surface area contributed by atoms with E-state index >= 15 is 0 Å². The number of hydrogen-bond donors (Lipinski definition) is 3. The predicted octanol–water partition coefficient (Wildman–Crippen LogP) is 3.92. The Morgan fingerprint density at radius 3 is 2.69 bits per heavy atom. The summed E-state index contributed by atoms with van der Waals surface area (Å²) in [4.78, 5) is 35.1. The Bertz CT molecular complexity index is 1310. The normalized spacial score (nSPS) is 15.1. The summed E-state index contributed by atoms with van der Waals surface area (Å²) in [6.45, 7) is 0. The van der Waals surface area contributed by atoms with Crippen molar-refractivity contribution >= 4 is 33.8 Å². The second-order valence-corrected chi connectivity index (χ2v) is 7.28. The molecule has 4 rings (SSSR count). The maximum Gasteiger partial charge on any atom is 0.434 e. The molecule has 0 bridgehead atoms. The predicted molar refractivity (Wildman–Crippen MR) is 115 cm³/mol. The van der Waals surface area contributed by atoms with Gasteiger partial charge in [0.2, 0.25) is 0 Å². The molecule has 0 radical (unpaired) electrons. The maximum absolute atomic E-state index is 13.9. The lowest BCUT2D eigenvalue weighted by Gasteiger charge is -2.15. The van der Waals surface area contributed by atoms with E-state index in [2.05, 4.69) is 20.3 Å². The first-order chi connectivity index (χ1) is 15.3. The average Bonchev–Trinajstić information content (AvgIpc) is 3.59. The molecule has 0 unspecified atom stereocenters. The number of benzene rings is 1. The van der Waals surface area contributed by atoms with E-state index in [9.17, 15) is 22.8 Å². The van der Waals surface area contributed by atoms with E-state index < -0.39 is 28.9 Å². The standard InChI is InChI=1S/C22H18F3N5O2/c23-22(24,25)19(30-17-3-1-2-15-14(17)7-9-28-20(15)31)16(11-26)21(32)29-13-6-8-27-18(10-13)12-4-5-12/h1-3,6-12H,4-5,26H2,(H,28,31)(H,27,29,32). The molecule has 164 valence electrons. The molecular formula is C22H18F3N5O2. The number of fused-ring (bicyclic) bond motifs is 1. The van der Waals surface area contributed by atoms with E-state index in [1.54, 1.807) is 6.07 Å². The van der Waals surface area contributed by atoms with Gasteiger partial charge in [0.25, 0.3) is 11.5 Å². The Balaban J connectivity index is 1.72. The van der Waals surface area contributed by atoms with Crippen LogP contribution < -0.4 is 16.6 Å². The van der Waals surface area contributed by atoms with Crippen LogP contribution in [0.3, 0.4) is 0 Å². The average molecular weight is 441 g/mol. The van der Waals surface area contributed by atoms with Gasteiger partial charge in [0.05, 0.1) is 11.3 Å². The zero-order chi connectivity index (χ0) is 22.9. The Hall–Kier alpha value is -3.95. The van der Waals surface area contributed by atoms with Gasteiger partial charge in [-0.1, -0.05) is 6.07 Å². The van der Waals surface area contributed by atoms with Crippen molar-refractivity contribution in [3.8, 4) is 0 Å². The molecule has 1 aliphatic carbocycles. The molecule has 1 aliphatic rings. The quantitative estimate of drug-likeness (QED) is 0.411. The van der Waals surface area contributed by atoms with E-state index in [4.69, 9.17) is 5.73 Å². The molecule has 3 aromatic rings. The third-order valence-electron chi connectivity index (χ3n) is 4.99. The lowest BCUT2D eigenvalue weighted by molar-refractivity contribution is -0.113. The van der Waals surface area contributed by atoms with Crippen molar-refractivity contribution in [3.05, 3.63) is 76.6 Å². The van der Waals surface area contributed by atoms with Gasteiger partial charge in [0.15, 0.2) is 5.71 Å². The fraction of sp³-hybridized carbons (Fsp3) is 0.182. The minimum absolute atomic E-state index is 0.118. The number of pyridine rings is 2. The molecule has 7 nitrogen and oxygen atoms in total. The highest BCUT2D eigenvalue weighted by atomic mass is 19.4. The van der Waals surface area contributed by atoms with Crippen LogP contribution in [0.2, 0.25) is 0 Å². The molecule has 2 heterocycles. The molecule has 0 atom stereocenters. The summed E-state index contributed by atoms with van der Waals surface area (Å²) in [7, 11) is 0. The van der Waals surface area contributed by atoms with Gasteiger partial charge >= 0.3 is 6.18 Å². The number of aromatic amines is 1. The molecule has 0 spiro atoms. The fourth-order valence-corrected chi connectivity index (χ4v) is 3.29. The van der Waals surface area contributed by atoms with Crippen LogP contribution in [0.1, 0.15) is 24.5 Å². The van der Waals surface area contributed by atoms with Crippen molar-refractivity contribution in [2.24, 2.45) is 10.7 Å². The first kappa shape index (κ1) is 21.3. The molecule has 32 heavy (non-hydrogen) atoms. The van der Waals surface area contributed by atoms with Crippen LogP contribution in [0.5, 0.6) is 0 Å². The van der Waals surface area contributed by atoms with E-state index in [0.29, 0.717) is 17.8 Å². The number of nitrogens with zero attached hydrogens (tertiary/aromatic N) is 2. The second-order valence-electron chi connectivity index (χ2n) is 7.28. The smallest absolute Gasteiger partial charge is 0.404 e. The van der Waals surface area contributed by atoms with Crippen molar-refractivity contribution in [1.82, 2.24) is 9.97 Å². The van der Waals surface area contributed by atoms with Gasteiger partial charge in [-0.15, -0.1) is 0 Å². The Morgan fingerprint density at radius 2 is 2.00 bits per heavy atom. The summed E-state index contributed by atoms with van der Waals surface area (Å²) in [5.74, 6) is -0.757. The number of nitrogens with one attached hydrogen (secondary N) is 2. The molecule has 2 aromatic heterocycles. The van der Waals surface area contributed by atoms with Crippen LogP contribution in [0.4, 0.5) is 24.5 Å². The van der Waals surface area contributed by atoms with Gasteiger partial charge in [0.1, 0.15) is 0 Å². The van der Waals surface area contributed by atoms with E-state index in [-0.39, 0.29) is 16.5 Å². The second kappa shape index (κ2) is 8.29. The maximum atomic E-state index is 13.9. The van der Waals surface area contributed by atoms with Crippen molar-refractivity contribution in [3.63, 3.8) is 0 Å². The zero-order valence-electron chi connectivity index (χ0n) is 16.6. The third kappa shape index (κ3) is 4.39. The highest BCUT2D eigenvalue weighted by molar-refractivity contribution is 6.27. The number of hydrogen-bond acceptors (Lipinski definition) is 5. The molecule has 0 aliphatic heterocycles. The number of H-pyrrole nitrogens is 1. The van der Waals surface area contributed by atoms with Gasteiger partial charge in [0, 0.05) is 46.7 Å². The molecule has 1 saturated carbocycles. The van der Waals surface area contributed by atoms with E-state index in [1.807, 2.05) is 0 Å². The summed E-state index contributed by atoms with van der Waals surface area (Å²) in [5, 5.41) is 2.81. The molecule has 1 amide bonds. The monoisotopic (exact) mass is 441 g/mol. The van der Waals surface area contributed by atoms with Gasteiger partial charge in [-0.2, -0.15) is 13.2 Å². The highest BCUT2D eigenvalue weighted by Crippen LogP contribution is 2.39. The number of anilines is 1. The molecular weight excluding hydrogens is 423 g/mol. The number of aromatic nitrogens is 2. The van der Waals surface area contributed by atoms with Crippen molar-refractivity contribution in [2.75, 3.05) is 5.32 Å². The van der Waals surface area contributed by atoms with Crippen molar-refractivity contribution < 1.29 is 18.0 Å². The lowest BCUT2D eigenvalue weighted by Crippen LogP contribution is -2.32. The highest BCUT2D eigenvalue weighted by Gasteiger charge is 2.40. The number of rotatable bonds is 5. The number of aliphatic imine (C=N–C) groups is 1. The summed E-state index contributed by atoms with van der Waals surface area (Å²) in [5.41, 5.74) is 3.61. The number of carbonyl (C=O) groups is 1. The van der Waals surface area contributed by atoms with Gasteiger partial charge < -0.3 is 16.0 Å². The first-order valence-corrected chi connectivity index (χ1v) is 9.74. The minimum Gasteiger partial charge on any atom is -0.404 e. The Kier molecular flexibility index (Phi) is 5.52.